The summed E-state index contributed by atoms with van der Waals surface area (Å²) in [7, 11) is 0. The molecule has 1 saturated heterocycles. The molecule has 0 bridgehead atoms. The van der Waals surface area contributed by atoms with Crippen molar-refractivity contribution in [2.45, 2.75) is 38.3 Å². The van der Waals surface area contributed by atoms with Crippen molar-refractivity contribution in [3.63, 3.8) is 0 Å². The molecule has 2 amide bonds. The Hall–Kier alpha value is -3.33. The quantitative estimate of drug-likeness (QED) is 0.659. The van der Waals surface area contributed by atoms with Crippen molar-refractivity contribution in [2.24, 2.45) is 0 Å². The topological polar surface area (TPSA) is 99.3 Å². The van der Waals surface area contributed by atoms with Crippen LogP contribution in [0.25, 0.3) is 0 Å². The highest BCUT2D eigenvalue weighted by molar-refractivity contribution is 7.08. The Morgan fingerprint density at radius 2 is 2.03 bits per heavy atom. The minimum Gasteiger partial charge on any atom is -0.332 e. The zero-order valence-corrected chi connectivity index (χ0v) is 18.3. The van der Waals surface area contributed by atoms with E-state index in [1.807, 2.05) is 21.7 Å². The standard InChI is InChI=1S/C23H23N5O3S/c29-20(12-15-6-11-32-14-15)28-9-1-2-19(28)21-25-18-13-27(10-5-17(18)22(30)26-21)23(31)16-3-7-24-8-4-16/h3-4,6-8,11,14,19H,1-2,5,9-10,12-13H2,(H,25,26,30)/t19-/m1/s1. The summed E-state index contributed by atoms with van der Waals surface area (Å²) in [6, 6.07) is 5.08. The first-order chi connectivity index (χ1) is 15.6. The van der Waals surface area contributed by atoms with Crippen LogP contribution in [-0.4, -0.2) is 49.7 Å². The molecule has 0 radical (unpaired) electrons. The molecule has 5 heterocycles. The number of fused-ring (bicyclic) bond motifs is 1. The fourth-order valence-corrected chi connectivity index (χ4v) is 5.15. The fourth-order valence-electron chi connectivity index (χ4n) is 4.49. The van der Waals surface area contributed by atoms with Crippen LogP contribution in [0.4, 0.5) is 0 Å². The van der Waals surface area contributed by atoms with E-state index in [1.165, 1.54) is 0 Å². The molecule has 2 aliphatic rings. The minimum atomic E-state index is -0.245. The molecular formula is C23H23N5O3S. The van der Waals surface area contributed by atoms with Crippen molar-refractivity contribution >= 4 is 23.2 Å². The van der Waals surface area contributed by atoms with Crippen LogP contribution in [0.3, 0.4) is 0 Å². The number of carbonyl (C=O) groups excluding carboxylic acids is 2. The first-order valence-electron chi connectivity index (χ1n) is 10.7. The first kappa shape index (κ1) is 20.6. The van der Waals surface area contributed by atoms with Gasteiger partial charge in [0, 0.05) is 36.6 Å². The Kier molecular flexibility index (Phi) is 5.57. The number of H-pyrrole nitrogens is 1. The Morgan fingerprint density at radius 1 is 1.19 bits per heavy atom. The summed E-state index contributed by atoms with van der Waals surface area (Å²) in [6.45, 7) is 1.40. The summed E-state index contributed by atoms with van der Waals surface area (Å²) >= 11 is 1.57. The molecule has 164 valence electrons. The number of pyridine rings is 1. The maximum Gasteiger partial charge on any atom is 0.254 e. The van der Waals surface area contributed by atoms with E-state index in [4.69, 9.17) is 4.98 Å². The van der Waals surface area contributed by atoms with Crippen LogP contribution in [0.15, 0.2) is 46.1 Å². The van der Waals surface area contributed by atoms with Gasteiger partial charge >= 0.3 is 0 Å². The Morgan fingerprint density at radius 3 is 2.81 bits per heavy atom. The summed E-state index contributed by atoms with van der Waals surface area (Å²) in [6.07, 6.45) is 5.62. The summed E-state index contributed by atoms with van der Waals surface area (Å²) in [5.41, 5.74) is 2.65. The van der Waals surface area contributed by atoms with Crippen LogP contribution in [0.1, 0.15) is 51.9 Å². The van der Waals surface area contributed by atoms with E-state index >= 15 is 0 Å². The van der Waals surface area contributed by atoms with Crippen molar-refractivity contribution in [3.8, 4) is 0 Å². The molecular weight excluding hydrogens is 426 g/mol. The summed E-state index contributed by atoms with van der Waals surface area (Å²) in [5.74, 6) is 0.457. The Bertz CT molecular complexity index is 1190. The van der Waals surface area contributed by atoms with Crippen molar-refractivity contribution in [1.82, 2.24) is 24.8 Å². The molecule has 0 unspecified atom stereocenters. The fraction of sp³-hybridized carbons (Fsp3) is 0.348. The van der Waals surface area contributed by atoms with Gasteiger partial charge in [0.05, 0.1) is 24.7 Å². The third-order valence-corrected chi connectivity index (χ3v) is 6.86. The van der Waals surface area contributed by atoms with Gasteiger partial charge < -0.3 is 14.8 Å². The molecule has 0 saturated carbocycles. The van der Waals surface area contributed by atoms with Crippen LogP contribution >= 0.6 is 11.3 Å². The molecule has 32 heavy (non-hydrogen) atoms. The van der Waals surface area contributed by atoms with E-state index in [9.17, 15) is 14.4 Å². The van der Waals surface area contributed by atoms with Gasteiger partial charge in [-0.05, 0) is 53.8 Å². The number of thiophene rings is 1. The molecule has 1 atom stereocenters. The molecule has 0 spiro atoms. The molecule has 3 aromatic heterocycles. The molecule has 5 rings (SSSR count). The highest BCUT2D eigenvalue weighted by atomic mass is 32.1. The number of rotatable bonds is 4. The largest absolute Gasteiger partial charge is 0.332 e. The SMILES string of the molecule is O=C(c1ccncc1)N1CCc2c(nc([C@H]3CCCN3C(=O)Cc3ccsc3)[nH]c2=O)C1. The number of amides is 2. The molecule has 0 aromatic carbocycles. The van der Waals surface area contributed by atoms with E-state index in [-0.39, 0.29) is 30.0 Å². The average Bonchev–Trinajstić information content (AvgIpc) is 3.51. The smallest absolute Gasteiger partial charge is 0.254 e. The number of nitrogens with one attached hydrogen (secondary N) is 1. The highest BCUT2D eigenvalue weighted by Crippen LogP contribution is 2.31. The number of hydrogen-bond donors (Lipinski definition) is 1. The number of likely N-dealkylation sites (tertiary alicyclic amines) is 1. The number of carbonyl (C=O) groups is 2. The number of nitrogens with zero attached hydrogens (tertiary/aromatic N) is 4. The Labute approximate surface area is 188 Å². The number of aromatic amines is 1. The van der Waals surface area contributed by atoms with Gasteiger partial charge in [-0.2, -0.15) is 11.3 Å². The minimum absolute atomic E-state index is 0.0424. The van der Waals surface area contributed by atoms with Crippen molar-refractivity contribution in [2.75, 3.05) is 13.1 Å². The molecule has 1 fully saturated rings. The molecule has 3 aromatic rings. The van der Waals surface area contributed by atoms with Crippen LogP contribution in [0.5, 0.6) is 0 Å². The molecule has 9 heteroatoms. The lowest BCUT2D eigenvalue weighted by molar-refractivity contribution is -0.131. The summed E-state index contributed by atoms with van der Waals surface area (Å²) < 4.78 is 0. The van der Waals surface area contributed by atoms with E-state index in [2.05, 4.69) is 9.97 Å². The molecule has 2 aliphatic heterocycles. The summed E-state index contributed by atoms with van der Waals surface area (Å²) in [4.78, 5) is 53.8. The van der Waals surface area contributed by atoms with Gasteiger partial charge in [0.1, 0.15) is 5.82 Å². The Balaban J connectivity index is 1.38. The number of aromatic nitrogens is 3. The zero-order valence-electron chi connectivity index (χ0n) is 17.5. The average molecular weight is 450 g/mol. The van der Waals surface area contributed by atoms with E-state index in [0.717, 1.165) is 18.4 Å². The van der Waals surface area contributed by atoms with Crippen molar-refractivity contribution in [1.29, 1.82) is 0 Å². The van der Waals surface area contributed by atoms with Gasteiger partial charge in [0.15, 0.2) is 0 Å². The predicted octanol–water partition coefficient (Wildman–Crippen LogP) is 2.33. The van der Waals surface area contributed by atoms with Gasteiger partial charge in [0.2, 0.25) is 5.91 Å². The van der Waals surface area contributed by atoms with Gasteiger partial charge in [-0.15, -0.1) is 0 Å². The van der Waals surface area contributed by atoms with E-state index in [0.29, 0.717) is 48.6 Å². The first-order valence-corrected chi connectivity index (χ1v) is 11.7. The van der Waals surface area contributed by atoms with Crippen LogP contribution in [-0.2, 0) is 24.2 Å². The maximum atomic E-state index is 12.9. The lowest BCUT2D eigenvalue weighted by Crippen LogP contribution is -2.40. The zero-order chi connectivity index (χ0) is 22.1. The molecule has 0 aliphatic carbocycles. The summed E-state index contributed by atoms with van der Waals surface area (Å²) in [5, 5.41) is 3.95. The number of hydrogen-bond acceptors (Lipinski definition) is 6. The van der Waals surface area contributed by atoms with Crippen molar-refractivity contribution < 1.29 is 9.59 Å². The van der Waals surface area contributed by atoms with Gasteiger partial charge in [0.25, 0.3) is 11.5 Å². The van der Waals surface area contributed by atoms with Gasteiger partial charge in [-0.25, -0.2) is 4.98 Å². The van der Waals surface area contributed by atoms with E-state index in [1.54, 1.807) is 40.8 Å². The van der Waals surface area contributed by atoms with Crippen LogP contribution in [0.2, 0.25) is 0 Å². The normalized spacial score (nSPS) is 17.9. The van der Waals surface area contributed by atoms with Crippen LogP contribution < -0.4 is 5.56 Å². The molecule has 1 N–H and O–H groups in total. The third kappa shape index (κ3) is 3.95. The second-order valence-electron chi connectivity index (χ2n) is 8.14. The van der Waals surface area contributed by atoms with Gasteiger partial charge in [-0.1, -0.05) is 0 Å². The highest BCUT2D eigenvalue weighted by Gasteiger charge is 2.33. The monoisotopic (exact) mass is 449 g/mol. The second-order valence-corrected chi connectivity index (χ2v) is 8.92. The maximum absolute atomic E-state index is 12.9. The lowest BCUT2D eigenvalue weighted by Gasteiger charge is -2.29. The van der Waals surface area contributed by atoms with E-state index < -0.39 is 0 Å². The second kappa shape index (κ2) is 8.66. The van der Waals surface area contributed by atoms with Gasteiger partial charge in [-0.3, -0.25) is 19.4 Å². The van der Waals surface area contributed by atoms with Crippen LogP contribution in [0, 0.1) is 0 Å². The predicted molar refractivity (Wildman–Crippen MR) is 119 cm³/mol. The van der Waals surface area contributed by atoms with Crippen molar-refractivity contribution in [3.05, 3.63) is 79.9 Å². The lowest BCUT2D eigenvalue weighted by atomic mass is 10.0. The third-order valence-electron chi connectivity index (χ3n) is 6.13. The molecule has 8 nitrogen and oxygen atoms in total.